The molecule has 114 valence electrons. The van der Waals surface area contributed by atoms with Crippen molar-refractivity contribution in [2.24, 2.45) is 0 Å². The third-order valence-electron chi connectivity index (χ3n) is 3.72. The van der Waals surface area contributed by atoms with Gasteiger partial charge in [0, 0.05) is 19.7 Å². The Hall–Kier alpha value is -0.160. The zero-order valence-electron chi connectivity index (χ0n) is 12.6. The second-order valence-electron chi connectivity index (χ2n) is 5.70. The average Bonchev–Trinajstić information content (AvgIpc) is 2.35. The third kappa shape index (κ3) is 8.58. The molecule has 19 heavy (non-hydrogen) atoms. The summed E-state index contributed by atoms with van der Waals surface area (Å²) in [4.78, 5) is 0. The summed E-state index contributed by atoms with van der Waals surface area (Å²) in [5.41, 5.74) is 0. The summed E-state index contributed by atoms with van der Waals surface area (Å²) in [5.74, 6) is 0. The Morgan fingerprint density at radius 1 is 1.11 bits per heavy atom. The highest BCUT2D eigenvalue weighted by atomic mass is 16.5. The number of ether oxygens (including phenoxy) is 2. The standard InChI is InChI=1S/C15H31NO3/c1-13(11-18-2)19-12-15(17)10-16-14-8-6-4-3-5-7-9-14/h13-17H,3-12H2,1-2H3. The van der Waals surface area contributed by atoms with Crippen molar-refractivity contribution in [3.8, 4) is 0 Å². The van der Waals surface area contributed by atoms with E-state index in [1.165, 1.54) is 44.9 Å². The third-order valence-corrected chi connectivity index (χ3v) is 3.72. The lowest BCUT2D eigenvalue weighted by molar-refractivity contribution is -0.0317. The quantitative estimate of drug-likeness (QED) is 0.711. The smallest absolute Gasteiger partial charge is 0.0897 e. The van der Waals surface area contributed by atoms with E-state index >= 15 is 0 Å². The summed E-state index contributed by atoms with van der Waals surface area (Å²) in [5, 5.41) is 13.4. The zero-order chi connectivity index (χ0) is 13.9. The summed E-state index contributed by atoms with van der Waals surface area (Å²) in [6.07, 6.45) is 8.84. The molecule has 2 atom stereocenters. The highest BCUT2D eigenvalue weighted by Crippen LogP contribution is 2.16. The molecule has 2 unspecified atom stereocenters. The second-order valence-corrected chi connectivity index (χ2v) is 5.70. The molecule has 4 nitrogen and oxygen atoms in total. The molecule has 2 N–H and O–H groups in total. The topological polar surface area (TPSA) is 50.7 Å². The van der Waals surface area contributed by atoms with Gasteiger partial charge >= 0.3 is 0 Å². The molecule has 0 aromatic heterocycles. The Bertz CT molecular complexity index is 206. The maximum absolute atomic E-state index is 9.89. The minimum atomic E-state index is -0.426. The first-order chi connectivity index (χ1) is 9.22. The Balaban J connectivity index is 2.08. The van der Waals surface area contributed by atoms with Crippen LogP contribution in [0, 0.1) is 0 Å². The number of hydrogen-bond donors (Lipinski definition) is 2. The van der Waals surface area contributed by atoms with Crippen LogP contribution in [-0.2, 0) is 9.47 Å². The number of methoxy groups -OCH3 is 1. The van der Waals surface area contributed by atoms with Crippen molar-refractivity contribution in [1.82, 2.24) is 5.32 Å². The van der Waals surface area contributed by atoms with E-state index in [1.807, 2.05) is 6.92 Å². The van der Waals surface area contributed by atoms with Crippen LogP contribution in [0.25, 0.3) is 0 Å². The van der Waals surface area contributed by atoms with Crippen molar-refractivity contribution in [3.05, 3.63) is 0 Å². The summed E-state index contributed by atoms with van der Waals surface area (Å²) < 4.78 is 10.5. The van der Waals surface area contributed by atoms with E-state index < -0.39 is 6.10 Å². The summed E-state index contributed by atoms with van der Waals surface area (Å²) in [6.45, 7) is 3.54. The van der Waals surface area contributed by atoms with E-state index in [-0.39, 0.29) is 6.10 Å². The SMILES string of the molecule is COCC(C)OCC(O)CNC1CCCCCCC1. The minimum Gasteiger partial charge on any atom is -0.389 e. The number of rotatable bonds is 8. The lowest BCUT2D eigenvalue weighted by Gasteiger charge is -2.23. The Kier molecular flexibility index (Phi) is 9.43. The summed E-state index contributed by atoms with van der Waals surface area (Å²) in [6, 6.07) is 0.575. The van der Waals surface area contributed by atoms with Gasteiger partial charge in [-0.2, -0.15) is 0 Å². The Morgan fingerprint density at radius 2 is 1.74 bits per heavy atom. The Morgan fingerprint density at radius 3 is 2.37 bits per heavy atom. The monoisotopic (exact) mass is 273 g/mol. The minimum absolute atomic E-state index is 0.0426. The van der Waals surface area contributed by atoms with Gasteiger partial charge in [-0.05, 0) is 19.8 Å². The maximum Gasteiger partial charge on any atom is 0.0897 e. The van der Waals surface area contributed by atoms with Crippen LogP contribution in [0.15, 0.2) is 0 Å². The van der Waals surface area contributed by atoms with Crippen molar-refractivity contribution in [3.63, 3.8) is 0 Å². The van der Waals surface area contributed by atoms with Crippen LogP contribution < -0.4 is 5.32 Å². The number of nitrogens with one attached hydrogen (secondary N) is 1. The molecule has 1 fully saturated rings. The normalized spacial score (nSPS) is 21.6. The van der Waals surface area contributed by atoms with E-state index in [9.17, 15) is 5.11 Å². The van der Waals surface area contributed by atoms with Gasteiger partial charge in [-0.3, -0.25) is 0 Å². The van der Waals surface area contributed by atoms with Gasteiger partial charge in [0.25, 0.3) is 0 Å². The van der Waals surface area contributed by atoms with E-state index in [4.69, 9.17) is 9.47 Å². The van der Waals surface area contributed by atoms with Crippen LogP contribution in [0.3, 0.4) is 0 Å². The van der Waals surface area contributed by atoms with Gasteiger partial charge in [-0.1, -0.05) is 32.1 Å². The first-order valence-corrected chi connectivity index (χ1v) is 7.74. The lowest BCUT2D eigenvalue weighted by Crippen LogP contribution is -2.38. The van der Waals surface area contributed by atoms with Crippen LogP contribution in [0.1, 0.15) is 51.9 Å². The van der Waals surface area contributed by atoms with Crippen molar-refractivity contribution < 1.29 is 14.6 Å². The van der Waals surface area contributed by atoms with E-state index in [2.05, 4.69) is 5.32 Å². The van der Waals surface area contributed by atoms with Gasteiger partial charge in [0.05, 0.1) is 25.4 Å². The van der Waals surface area contributed by atoms with Gasteiger partial charge in [0.2, 0.25) is 0 Å². The van der Waals surface area contributed by atoms with Crippen molar-refractivity contribution in [2.45, 2.75) is 70.1 Å². The van der Waals surface area contributed by atoms with Gasteiger partial charge < -0.3 is 19.9 Å². The molecular weight excluding hydrogens is 242 g/mol. The van der Waals surface area contributed by atoms with Crippen LogP contribution in [0.4, 0.5) is 0 Å². The molecule has 0 aliphatic heterocycles. The number of hydrogen-bond acceptors (Lipinski definition) is 4. The van der Waals surface area contributed by atoms with E-state index in [0.29, 0.717) is 25.8 Å². The van der Waals surface area contributed by atoms with Gasteiger partial charge in [0.15, 0.2) is 0 Å². The molecule has 0 bridgehead atoms. The molecule has 0 spiro atoms. The zero-order valence-corrected chi connectivity index (χ0v) is 12.6. The molecule has 1 rings (SSSR count). The predicted octanol–water partition coefficient (Wildman–Crippen LogP) is 2.10. The lowest BCUT2D eigenvalue weighted by atomic mass is 9.96. The predicted molar refractivity (Wildman–Crippen MR) is 77.4 cm³/mol. The van der Waals surface area contributed by atoms with Gasteiger partial charge in [-0.15, -0.1) is 0 Å². The van der Waals surface area contributed by atoms with Crippen molar-refractivity contribution in [1.29, 1.82) is 0 Å². The number of aliphatic hydroxyl groups is 1. The molecule has 1 aliphatic carbocycles. The molecule has 0 aromatic carbocycles. The highest BCUT2D eigenvalue weighted by Gasteiger charge is 2.13. The van der Waals surface area contributed by atoms with E-state index in [1.54, 1.807) is 7.11 Å². The molecule has 1 saturated carbocycles. The summed E-state index contributed by atoms with van der Waals surface area (Å²) >= 11 is 0. The summed E-state index contributed by atoms with van der Waals surface area (Å²) in [7, 11) is 1.66. The fourth-order valence-electron chi connectivity index (χ4n) is 2.58. The fraction of sp³-hybridized carbons (Fsp3) is 1.00. The fourth-order valence-corrected chi connectivity index (χ4v) is 2.58. The van der Waals surface area contributed by atoms with Crippen LogP contribution in [-0.4, -0.2) is 50.2 Å². The van der Waals surface area contributed by atoms with Crippen LogP contribution in [0.2, 0.25) is 0 Å². The maximum atomic E-state index is 9.89. The van der Waals surface area contributed by atoms with Crippen molar-refractivity contribution in [2.75, 3.05) is 26.9 Å². The van der Waals surface area contributed by atoms with E-state index in [0.717, 1.165) is 0 Å². The molecule has 0 saturated heterocycles. The van der Waals surface area contributed by atoms with Gasteiger partial charge in [0.1, 0.15) is 0 Å². The largest absolute Gasteiger partial charge is 0.389 e. The van der Waals surface area contributed by atoms with Crippen LogP contribution >= 0.6 is 0 Å². The first-order valence-electron chi connectivity index (χ1n) is 7.74. The number of aliphatic hydroxyl groups excluding tert-OH is 1. The average molecular weight is 273 g/mol. The highest BCUT2D eigenvalue weighted by molar-refractivity contribution is 4.72. The molecule has 0 amide bonds. The first kappa shape index (κ1) is 16.9. The van der Waals surface area contributed by atoms with Crippen LogP contribution in [0.5, 0.6) is 0 Å². The molecule has 1 aliphatic rings. The second kappa shape index (κ2) is 10.6. The molecule has 0 heterocycles. The van der Waals surface area contributed by atoms with Crippen molar-refractivity contribution >= 4 is 0 Å². The molecule has 0 aromatic rings. The molecule has 4 heteroatoms. The molecule has 0 radical (unpaired) electrons. The molecular formula is C15H31NO3. The van der Waals surface area contributed by atoms with Gasteiger partial charge in [-0.25, -0.2) is 0 Å². The Labute approximate surface area is 117 Å².